The zero-order valence-electron chi connectivity index (χ0n) is 13.4. The van der Waals surface area contributed by atoms with E-state index in [1.807, 2.05) is 6.07 Å². The van der Waals surface area contributed by atoms with Crippen LogP contribution in [0.15, 0.2) is 30.3 Å². The molecule has 1 saturated heterocycles. The van der Waals surface area contributed by atoms with E-state index in [1.54, 1.807) is 0 Å². The predicted molar refractivity (Wildman–Crippen MR) is 98.3 cm³/mol. The number of nitrogens with one attached hydrogen (secondary N) is 1. The van der Waals surface area contributed by atoms with Crippen LogP contribution < -0.4 is 11.1 Å². The molecule has 1 atom stereocenters. The Labute approximate surface area is 151 Å². The number of nitrogens with zero attached hydrogens (tertiary/aromatic N) is 1. The molecule has 0 spiro atoms. The molecule has 1 aliphatic heterocycles. The third-order valence-electron chi connectivity index (χ3n) is 4.92. The Morgan fingerprint density at radius 3 is 2.26 bits per heavy atom. The summed E-state index contributed by atoms with van der Waals surface area (Å²) < 4.78 is 0. The second-order valence-corrected chi connectivity index (χ2v) is 6.39. The third kappa shape index (κ3) is 4.60. The first-order valence-electron chi connectivity index (χ1n) is 8.05. The van der Waals surface area contributed by atoms with E-state index in [0.717, 1.165) is 32.4 Å². The fourth-order valence-corrected chi connectivity index (χ4v) is 3.34. The number of nitrogens with two attached hydrogens (primary N) is 1. The van der Waals surface area contributed by atoms with Crippen LogP contribution in [0.5, 0.6) is 0 Å². The van der Waals surface area contributed by atoms with Crippen LogP contribution in [0.4, 0.5) is 0 Å². The van der Waals surface area contributed by atoms with Crippen molar-refractivity contribution in [2.24, 2.45) is 5.73 Å². The molecule has 2 fully saturated rings. The van der Waals surface area contributed by atoms with E-state index in [0.29, 0.717) is 6.54 Å². The van der Waals surface area contributed by atoms with Crippen molar-refractivity contribution < 1.29 is 4.79 Å². The minimum atomic E-state index is -0.605. The quantitative estimate of drug-likeness (QED) is 0.849. The van der Waals surface area contributed by atoms with Gasteiger partial charge in [-0.2, -0.15) is 0 Å². The van der Waals surface area contributed by atoms with Crippen LogP contribution in [0.1, 0.15) is 43.7 Å². The molecule has 0 radical (unpaired) electrons. The zero-order valence-corrected chi connectivity index (χ0v) is 15.0. The number of hydrogen-bond acceptors (Lipinski definition) is 3. The molecule has 1 aromatic carbocycles. The average molecular weight is 360 g/mol. The lowest BCUT2D eigenvalue weighted by atomic mass is 9.77. The smallest absolute Gasteiger partial charge is 0.240 e. The summed E-state index contributed by atoms with van der Waals surface area (Å²) in [6.07, 6.45) is 5.20. The number of rotatable bonds is 5. The zero-order chi connectivity index (χ0) is 14.7. The number of carbonyl (C=O) groups is 1. The first-order valence-corrected chi connectivity index (χ1v) is 8.05. The summed E-state index contributed by atoms with van der Waals surface area (Å²) in [5.41, 5.74) is 6.77. The normalized spacial score (nSPS) is 20.6. The van der Waals surface area contributed by atoms with Crippen molar-refractivity contribution in [2.45, 2.75) is 43.7 Å². The highest BCUT2D eigenvalue weighted by atomic mass is 35.5. The highest BCUT2D eigenvalue weighted by Gasteiger charge is 2.40. The van der Waals surface area contributed by atoms with Gasteiger partial charge in [-0.25, -0.2) is 0 Å². The third-order valence-corrected chi connectivity index (χ3v) is 4.92. The highest BCUT2D eigenvalue weighted by molar-refractivity contribution is 5.87. The fourth-order valence-electron chi connectivity index (χ4n) is 3.34. The molecule has 3 rings (SSSR count). The lowest BCUT2D eigenvalue weighted by molar-refractivity contribution is -0.129. The minimum Gasteiger partial charge on any atom is -0.353 e. The Hall–Kier alpha value is -0.810. The van der Waals surface area contributed by atoms with E-state index in [4.69, 9.17) is 5.73 Å². The molecule has 0 aromatic heterocycles. The van der Waals surface area contributed by atoms with Gasteiger partial charge >= 0.3 is 0 Å². The van der Waals surface area contributed by atoms with E-state index >= 15 is 0 Å². The fraction of sp³-hybridized carbons (Fsp3) is 0.588. The predicted octanol–water partition coefficient (Wildman–Crippen LogP) is 2.66. The molecule has 2 aliphatic rings. The highest BCUT2D eigenvalue weighted by Crippen LogP contribution is 2.30. The Balaban J connectivity index is 0.00000132. The minimum absolute atomic E-state index is 0. The first kappa shape index (κ1) is 20.2. The summed E-state index contributed by atoms with van der Waals surface area (Å²) in [5, 5.41) is 3.09. The van der Waals surface area contributed by atoms with Gasteiger partial charge in [-0.15, -0.1) is 24.8 Å². The summed E-state index contributed by atoms with van der Waals surface area (Å²) in [4.78, 5) is 14.7. The number of amides is 1. The van der Waals surface area contributed by atoms with Gasteiger partial charge < -0.3 is 11.1 Å². The number of hydrogen-bond donors (Lipinski definition) is 2. The van der Waals surface area contributed by atoms with Gasteiger partial charge in [-0.3, -0.25) is 9.69 Å². The maximum absolute atomic E-state index is 12.2. The molecule has 1 saturated carbocycles. The van der Waals surface area contributed by atoms with Gasteiger partial charge in [0.05, 0.1) is 11.6 Å². The molecule has 4 nitrogen and oxygen atoms in total. The maximum Gasteiger partial charge on any atom is 0.240 e. The van der Waals surface area contributed by atoms with Gasteiger partial charge in [0.25, 0.3) is 0 Å². The van der Waals surface area contributed by atoms with Crippen molar-refractivity contribution in [1.29, 1.82) is 0 Å². The molecule has 1 aromatic rings. The van der Waals surface area contributed by atoms with E-state index in [2.05, 4.69) is 34.5 Å². The SMILES string of the molecule is Cl.Cl.NC1(C(=O)NCC(c2ccccc2)N2CCCC2)CCC1. The van der Waals surface area contributed by atoms with Crippen molar-refractivity contribution in [1.82, 2.24) is 10.2 Å². The van der Waals surface area contributed by atoms with E-state index in [9.17, 15) is 4.79 Å². The summed E-state index contributed by atoms with van der Waals surface area (Å²) in [6, 6.07) is 10.7. The van der Waals surface area contributed by atoms with Crippen molar-refractivity contribution in [3.63, 3.8) is 0 Å². The largest absolute Gasteiger partial charge is 0.353 e. The van der Waals surface area contributed by atoms with Crippen LogP contribution >= 0.6 is 24.8 Å². The lowest BCUT2D eigenvalue weighted by Crippen LogP contribution is -2.59. The number of carbonyl (C=O) groups excluding carboxylic acids is 1. The molecule has 1 unspecified atom stereocenters. The molecule has 1 heterocycles. The van der Waals surface area contributed by atoms with Crippen LogP contribution in [-0.4, -0.2) is 36.0 Å². The number of halogens is 2. The second kappa shape index (κ2) is 8.88. The standard InChI is InChI=1S/C17H25N3O.2ClH/c18-17(9-6-10-17)16(21)19-13-15(20-11-4-5-12-20)14-7-2-1-3-8-14;;/h1-3,7-8,15H,4-6,9-13,18H2,(H,19,21);2*1H. The van der Waals surface area contributed by atoms with E-state index in [1.165, 1.54) is 18.4 Å². The Kier molecular flexibility index (Phi) is 7.81. The van der Waals surface area contributed by atoms with Crippen LogP contribution in [0.3, 0.4) is 0 Å². The molecule has 6 heteroatoms. The summed E-state index contributed by atoms with van der Waals surface area (Å²) in [7, 11) is 0. The van der Waals surface area contributed by atoms with E-state index in [-0.39, 0.29) is 36.8 Å². The second-order valence-electron chi connectivity index (χ2n) is 6.39. The van der Waals surface area contributed by atoms with Gasteiger partial charge in [0.2, 0.25) is 5.91 Å². The summed E-state index contributed by atoms with van der Waals surface area (Å²) >= 11 is 0. The van der Waals surface area contributed by atoms with Crippen molar-refractivity contribution >= 4 is 30.7 Å². The van der Waals surface area contributed by atoms with Crippen LogP contribution in [0.2, 0.25) is 0 Å². The van der Waals surface area contributed by atoms with Crippen LogP contribution in [-0.2, 0) is 4.79 Å². The van der Waals surface area contributed by atoms with E-state index < -0.39 is 5.54 Å². The van der Waals surface area contributed by atoms with Gasteiger partial charge in [0.1, 0.15) is 0 Å². The van der Waals surface area contributed by atoms with Crippen LogP contribution in [0.25, 0.3) is 0 Å². The molecule has 0 bridgehead atoms. The molecule has 130 valence electrons. The Morgan fingerprint density at radius 1 is 1.13 bits per heavy atom. The molecular weight excluding hydrogens is 333 g/mol. The molecule has 1 aliphatic carbocycles. The number of likely N-dealkylation sites (tertiary alicyclic amines) is 1. The monoisotopic (exact) mass is 359 g/mol. The van der Waals surface area contributed by atoms with Gasteiger partial charge in [-0.1, -0.05) is 30.3 Å². The van der Waals surface area contributed by atoms with Gasteiger partial charge in [-0.05, 0) is 50.8 Å². The van der Waals surface area contributed by atoms with Crippen molar-refractivity contribution in [3.8, 4) is 0 Å². The first-order chi connectivity index (χ1) is 10.2. The molecule has 23 heavy (non-hydrogen) atoms. The summed E-state index contributed by atoms with van der Waals surface area (Å²) in [5.74, 6) is 0.0221. The van der Waals surface area contributed by atoms with Crippen LogP contribution in [0, 0.1) is 0 Å². The topological polar surface area (TPSA) is 58.4 Å². The van der Waals surface area contributed by atoms with Crippen molar-refractivity contribution in [3.05, 3.63) is 35.9 Å². The van der Waals surface area contributed by atoms with Crippen molar-refractivity contribution in [2.75, 3.05) is 19.6 Å². The molecule has 1 amide bonds. The summed E-state index contributed by atoms with van der Waals surface area (Å²) in [6.45, 7) is 2.88. The van der Waals surface area contributed by atoms with Gasteiger partial charge in [0.15, 0.2) is 0 Å². The molecule has 3 N–H and O–H groups in total. The Morgan fingerprint density at radius 2 is 1.74 bits per heavy atom. The average Bonchev–Trinajstić information content (AvgIpc) is 3.00. The number of benzene rings is 1. The Bertz CT molecular complexity index is 488. The van der Waals surface area contributed by atoms with Gasteiger partial charge in [0, 0.05) is 6.54 Å². The lowest BCUT2D eigenvalue weighted by Gasteiger charge is -2.37. The molecular formula is C17H27Cl2N3O. The maximum atomic E-state index is 12.2.